The highest BCUT2D eigenvalue weighted by Gasteiger charge is 2.00. The summed E-state index contributed by atoms with van der Waals surface area (Å²) in [4.78, 5) is 5.39. The Balaban J connectivity index is 2.18. The first-order valence-electron chi connectivity index (χ1n) is 4.11. The van der Waals surface area contributed by atoms with Crippen molar-refractivity contribution in [2.75, 3.05) is 0 Å². The van der Waals surface area contributed by atoms with Gasteiger partial charge in [0.2, 0.25) is 0 Å². The lowest BCUT2D eigenvalue weighted by Gasteiger charge is -2.03. The van der Waals surface area contributed by atoms with E-state index in [0.29, 0.717) is 6.54 Å². The van der Waals surface area contributed by atoms with Gasteiger partial charge in [-0.05, 0) is 11.4 Å². The van der Waals surface area contributed by atoms with Crippen molar-refractivity contribution >= 4 is 11.3 Å². The first-order valence-corrected chi connectivity index (χ1v) is 4.99. The summed E-state index contributed by atoms with van der Waals surface area (Å²) in [6.45, 7) is 1.43. The van der Waals surface area contributed by atoms with Crippen LogP contribution in [-0.2, 0) is 13.1 Å². The van der Waals surface area contributed by atoms with Gasteiger partial charge in [0.1, 0.15) is 0 Å². The average molecular weight is 193 g/mol. The van der Waals surface area contributed by atoms with Crippen LogP contribution in [0.3, 0.4) is 0 Å². The van der Waals surface area contributed by atoms with Gasteiger partial charge in [-0.3, -0.25) is 0 Å². The average Bonchev–Trinajstić information content (AvgIpc) is 2.76. The highest BCUT2D eigenvalue weighted by atomic mass is 32.1. The highest BCUT2D eigenvalue weighted by Crippen LogP contribution is 2.11. The molecule has 2 aromatic heterocycles. The first kappa shape index (κ1) is 8.47. The van der Waals surface area contributed by atoms with Crippen LogP contribution in [0.25, 0.3) is 0 Å². The van der Waals surface area contributed by atoms with Crippen LogP contribution in [-0.4, -0.2) is 9.55 Å². The van der Waals surface area contributed by atoms with E-state index in [2.05, 4.69) is 27.1 Å². The molecule has 0 unspecified atom stereocenters. The minimum atomic E-state index is 0.547. The molecule has 2 heterocycles. The summed E-state index contributed by atoms with van der Waals surface area (Å²) in [5.74, 6) is 0. The van der Waals surface area contributed by atoms with E-state index in [4.69, 9.17) is 5.73 Å². The predicted molar refractivity (Wildman–Crippen MR) is 53.5 cm³/mol. The number of hydrogen-bond acceptors (Lipinski definition) is 3. The second kappa shape index (κ2) is 3.72. The summed E-state index contributed by atoms with van der Waals surface area (Å²) in [6, 6.07) is 4.17. The fraction of sp³-hybridized carbons (Fsp3) is 0.222. The van der Waals surface area contributed by atoms with Gasteiger partial charge in [-0.2, -0.15) is 0 Å². The molecule has 0 fully saturated rings. The maximum absolute atomic E-state index is 5.57. The smallest absolute Gasteiger partial charge is 0.0952 e. The maximum Gasteiger partial charge on any atom is 0.0952 e. The molecule has 0 saturated heterocycles. The highest BCUT2D eigenvalue weighted by molar-refractivity contribution is 7.09. The Kier molecular flexibility index (Phi) is 2.42. The summed E-state index contributed by atoms with van der Waals surface area (Å²) in [5, 5.41) is 2.08. The summed E-state index contributed by atoms with van der Waals surface area (Å²) < 4.78 is 2.08. The predicted octanol–water partition coefficient (Wildman–Crippen LogP) is 1.45. The molecule has 2 rings (SSSR count). The topological polar surface area (TPSA) is 43.8 Å². The molecular weight excluding hydrogens is 182 g/mol. The van der Waals surface area contributed by atoms with Crippen LogP contribution < -0.4 is 5.73 Å². The lowest BCUT2D eigenvalue weighted by atomic mass is 10.4. The number of thiophene rings is 1. The van der Waals surface area contributed by atoms with Crippen molar-refractivity contribution in [3.63, 3.8) is 0 Å². The summed E-state index contributed by atoms with van der Waals surface area (Å²) >= 11 is 1.75. The Bertz CT molecular complexity index is 364. The van der Waals surface area contributed by atoms with Gasteiger partial charge in [0.15, 0.2) is 0 Å². The van der Waals surface area contributed by atoms with Gasteiger partial charge < -0.3 is 10.3 Å². The molecule has 0 bridgehead atoms. The molecule has 0 aliphatic heterocycles. The molecule has 2 aromatic rings. The van der Waals surface area contributed by atoms with Crippen LogP contribution in [0, 0.1) is 0 Å². The SMILES string of the molecule is NCc1cncn1Cc1cccs1. The third-order valence-electron chi connectivity index (χ3n) is 1.91. The lowest BCUT2D eigenvalue weighted by Crippen LogP contribution is -2.06. The number of hydrogen-bond donors (Lipinski definition) is 1. The molecule has 0 saturated carbocycles. The van der Waals surface area contributed by atoms with E-state index in [1.54, 1.807) is 11.3 Å². The molecule has 13 heavy (non-hydrogen) atoms. The molecule has 2 N–H and O–H groups in total. The third-order valence-corrected chi connectivity index (χ3v) is 2.78. The van der Waals surface area contributed by atoms with Crippen LogP contribution in [0.2, 0.25) is 0 Å². The largest absolute Gasteiger partial charge is 0.328 e. The third kappa shape index (κ3) is 1.79. The van der Waals surface area contributed by atoms with E-state index in [1.165, 1.54) is 4.88 Å². The molecule has 68 valence electrons. The molecule has 0 spiro atoms. The molecule has 0 radical (unpaired) electrons. The van der Waals surface area contributed by atoms with Crippen molar-refractivity contribution < 1.29 is 0 Å². The van der Waals surface area contributed by atoms with E-state index in [1.807, 2.05) is 12.5 Å². The van der Waals surface area contributed by atoms with Crippen LogP contribution in [0.15, 0.2) is 30.0 Å². The molecule has 0 amide bonds. The number of nitrogens with two attached hydrogens (primary N) is 1. The van der Waals surface area contributed by atoms with Crippen molar-refractivity contribution in [2.45, 2.75) is 13.1 Å². The zero-order valence-corrected chi connectivity index (χ0v) is 8.00. The van der Waals surface area contributed by atoms with E-state index >= 15 is 0 Å². The van der Waals surface area contributed by atoms with Gasteiger partial charge >= 0.3 is 0 Å². The molecular formula is C9H11N3S. The zero-order chi connectivity index (χ0) is 9.10. The standard InChI is InChI=1S/C9H11N3S/c10-4-8-5-11-7-12(8)6-9-2-1-3-13-9/h1-3,5,7H,4,6,10H2. The van der Waals surface area contributed by atoms with E-state index in [-0.39, 0.29) is 0 Å². The molecule has 4 heteroatoms. The van der Waals surface area contributed by atoms with Crippen LogP contribution in [0.5, 0.6) is 0 Å². The fourth-order valence-corrected chi connectivity index (χ4v) is 1.93. The van der Waals surface area contributed by atoms with Gasteiger partial charge in [-0.15, -0.1) is 11.3 Å². The molecule has 3 nitrogen and oxygen atoms in total. The number of nitrogens with zero attached hydrogens (tertiary/aromatic N) is 2. The van der Waals surface area contributed by atoms with Gasteiger partial charge in [0, 0.05) is 17.6 Å². The Hall–Kier alpha value is -1.13. The normalized spacial score (nSPS) is 10.5. The van der Waals surface area contributed by atoms with Crippen LogP contribution in [0.4, 0.5) is 0 Å². The van der Waals surface area contributed by atoms with Crippen molar-refractivity contribution in [2.24, 2.45) is 5.73 Å². The van der Waals surface area contributed by atoms with Crippen molar-refractivity contribution in [3.05, 3.63) is 40.6 Å². The first-order chi connectivity index (χ1) is 6.40. The number of rotatable bonds is 3. The quantitative estimate of drug-likeness (QED) is 0.801. The van der Waals surface area contributed by atoms with Gasteiger partial charge in [-0.1, -0.05) is 6.07 Å². The summed E-state index contributed by atoms with van der Waals surface area (Å²) in [5.41, 5.74) is 6.64. The Morgan fingerprint density at radius 1 is 1.54 bits per heavy atom. The maximum atomic E-state index is 5.57. The number of imidazole rings is 1. The van der Waals surface area contributed by atoms with E-state index < -0.39 is 0 Å². The minimum Gasteiger partial charge on any atom is -0.328 e. The molecule has 0 aromatic carbocycles. The van der Waals surface area contributed by atoms with Gasteiger partial charge in [0.25, 0.3) is 0 Å². The minimum absolute atomic E-state index is 0.547. The van der Waals surface area contributed by atoms with Crippen molar-refractivity contribution in [1.82, 2.24) is 9.55 Å². The zero-order valence-electron chi connectivity index (χ0n) is 7.18. The monoisotopic (exact) mass is 193 g/mol. The summed E-state index contributed by atoms with van der Waals surface area (Å²) in [7, 11) is 0. The summed E-state index contributed by atoms with van der Waals surface area (Å²) in [6.07, 6.45) is 3.63. The van der Waals surface area contributed by atoms with Crippen molar-refractivity contribution in [1.29, 1.82) is 0 Å². The second-order valence-corrected chi connectivity index (χ2v) is 3.83. The van der Waals surface area contributed by atoms with E-state index in [0.717, 1.165) is 12.2 Å². The molecule has 0 aliphatic rings. The van der Waals surface area contributed by atoms with Crippen LogP contribution in [0.1, 0.15) is 10.6 Å². The van der Waals surface area contributed by atoms with Crippen molar-refractivity contribution in [3.8, 4) is 0 Å². The number of aromatic nitrogens is 2. The van der Waals surface area contributed by atoms with Crippen LogP contribution >= 0.6 is 11.3 Å². The lowest BCUT2D eigenvalue weighted by molar-refractivity contribution is 0.749. The van der Waals surface area contributed by atoms with E-state index in [9.17, 15) is 0 Å². The Morgan fingerprint density at radius 3 is 3.15 bits per heavy atom. The molecule has 0 atom stereocenters. The van der Waals surface area contributed by atoms with Gasteiger partial charge in [0.05, 0.1) is 18.6 Å². The Labute approximate surface area is 80.8 Å². The Morgan fingerprint density at radius 2 is 2.46 bits per heavy atom. The van der Waals surface area contributed by atoms with Gasteiger partial charge in [-0.25, -0.2) is 4.98 Å². The fourth-order valence-electron chi connectivity index (χ4n) is 1.23. The second-order valence-electron chi connectivity index (χ2n) is 2.80. The molecule has 0 aliphatic carbocycles.